The topological polar surface area (TPSA) is 90.2 Å². The van der Waals surface area contributed by atoms with Crippen molar-refractivity contribution in [2.45, 2.75) is 25.6 Å². The number of aliphatic hydroxyl groups excluding tert-OH is 2. The van der Waals surface area contributed by atoms with Crippen molar-refractivity contribution in [3.05, 3.63) is 59.1 Å². The van der Waals surface area contributed by atoms with Crippen LogP contribution in [0.3, 0.4) is 0 Å². The van der Waals surface area contributed by atoms with Gasteiger partial charge in [-0.1, -0.05) is 19.6 Å². The molecule has 2 aliphatic rings. The van der Waals surface area contributed by atoms with E-state index >= 15 is 0 Å². The first-order valence-electron chi connectivity index (χ1n) is 7.08. The van der Waals surface area contributed by atoms with Gasteiger partial charge in [-0.15, -0.1) is 0 Å². The van der Waals surface area contributed by atoms with Crippen LogP contribution in [0.25, 0.3) is 0 Å². The van der Waals surface area contributed by atoms with Crippen LogP contribution < -0.4 is 0 Å². The summed E-state index contributed by atoms with van der Waals surface area (Å²) in [7, 11) is 0. The van der Waals surface area contributed by atoms with Crippen LogP contribution in [0.1, 0.15) is 25.0 Å². The molecular weight excluding hydrogens is 284 g/mol. The predicted molar refractivity (Wildman–Crippen MR) is 80.3 cm³/mol. The van der Waals surface area contributed by atoms with E-state index in [0.717, 1.165) is 5.57 Å². The number of rotatable bonds is 1. The first kappa shape index (κ1) is 14.5. The van der Waals surface area contributed by atoms with Gasteiger partial charge in [0.05, 0.1) is 6.10 Å². The van der Waals surface area contributed by atoms with Gasteiger partial charge in [0.2, 0.25) is 0 Å². The molecule has 0 radical (unpaired) electrons. The van der Waals surface area contributed by atoms with Gasteiger partial charge in [-0.05, 0) is 29.3 Å². The van der Waals surface area contributed by atoms with Gasteiger partial charge in [0, 0.05) is 17.9 Å². The Bertz CT molecular complexity index is 701. The molecule has 4 N–H and O–H groups in total. The summed E-state index contributed by atoms with van der Waals surface area (Å²) < 4.78 is 5.87. The van der Waals surface area contributed by atoms with Crippen LogP contribution in [0.2, 0.25) is 0 Å². The molecule has 0 amide bonds. The van der Waals surface area contributed by atoms with E-state index in [4.69, 9.17) is 4.74 Å². The fourth-order valence-electron chi connectivity index (χ4n) is 2.83. The molecule has 22 heavy (non-hydrogen) atoms. The molecule has 0 aromatic heterocycles. The van der Waals surface area contributed by atoms with E-state index in [2.05, 4.69) is 6.58 Å². The highest BCUT2D eigenvalue weighted by Crippen LogP contribution is 2.44. The summed E-state index contributed by atoms with van der Waals surface area (Å²) in [6.07, 6.45) is 0.346. The zero-order valence-corrected chi connectivity index (χ0v) is 12.2. The van der Waals surface area contributed by atoms with Gasteiger partial charge in [-0.2, -0.15) is 0 Å². The largest absolute Gasteiger partial charge is 0.508 e. The summed E-state index contributed by atoms with van der Waals surface area (Å²) in [5.41, 5.74) is 1.84. The average Bonchev–Trinajstić information content (AvgIpc) is 2.47. The van der Waals surface area contributed by atoms with Crippen LogP contribution in [0, 0.1) is 5.92 Å². The summed E-state index contributed by atoms with van der Waals surface area (Å²) in [4.78, 5) is 0. The second-order valence-electron chi connectivity index (χ2n) is 5.73. The number of hydrogen-bond acceptors (Lipinski definition) is 5. The lowest BCUT2D eigenvalue weighted by Gasteiger charge is -2.36. The number of hydrogen-bond donors (Lipinski definition) is 4. The van der Waals surface area contributed by atoms with Crippen molar-refractivity contribution in [1.82, 2.24) is 0 Å². The van der Waals surface area contributed by atoms with E-state index in [1.807, 2.05) is 6.92 Å². The van der Waals surface area contributed by atoms with Crippen LogP contribution in [-0.2, 0) is 4.74 Å². The Hall–Kier alpha value is -2.40. The summed E-state index contributed by atoms with van der Waals surface area (Å²) in [6, 6.07) is 4.29. The normalized spacial score (nSPS) is 28.0. The van der Waals surface area contributed by atoms with Crippen LogP contribution >= 0.6 is 0 Å². The molecule has 3 rings (SSSR count). The number of phenols is 2. The van der Waals surface area contributed by atoms with E-state index in [-0.39, 0.29) is 29.6 Å². The lowest BCUT2D eigenvalue weighted by atomic mass is 9.84. The number of ether oxygens (including phenoxy) is 1. The summed E-state index contributed by atoms with van der Waals surface area (Å²) in [5, 5.41) is 39.4. The highest BCUT2D eigenvalue weighted by Gasteiger charge is 2.36. The zero-order chi connectivity index (χ0) is 16.0. The Labute approximate surface area is 128 Å². The highest BCUT2D eigenvalue weighted by molar-refractivity contribution is 5.48. The number of phenolic OH excluding ortho intramolecular Hbond substituents is 2. The van der Waals surface area contributed by atoms with Crippen molar-refractivity contribution in [1.29, 1.82) is 0 Å². The second-order valence-corrected chi connectivity index (χ2v) is 5.73. The Morgan fingerprint density at radius 1 is 1.18 bits per heavy atom. The molecule has 1 aromatic carbocycles. The zero-order valence-electron chi connectivity index (χ0n) is 12.2. The monoisotopic (exact) mass is 302 g/mol. The molecule has 0 saturated carbocycles. The highest BCUT2D eigenvalue weighted by atomic mass is 16.5. The standard InChI is InChI=1S/C17H18O5/c1-8-5-13(19)11-7-15(21)17(22-16(11)9(8)2)10-3-4-12(18)14(20)6-10/h3-6,8,15,17-21H,2,7H2,1H3. The molecule has 3 atom stereocenters. The third-order valence-corrected chi connectivity index (χ3v) is 4.17. The van der Waals surface area contributed by atoms with E-state index in [0.29, 0.717) is 16.9 Å². The summed E-state index contributed by atoms with van der Waals surface area (Å²) in [5.74, 6) is 0.0519. The average molecular weight is 302 g/mol. The number of allylic oxidation sites excluding steroid dienone is 3. The lowest BCUT2D eigenvalue weighted by molar-refractivity contribution is -0.0211. The Balaban J connectivity index is 1.98. The smallest absolute Gasteiger partial charge is 0.157 e. The van der Waals surface area contributed by atoms with Gasteiger partial charge >= 0.3 is 0 Å². The number of aliphatic hydroxyl groups is 2. The molecule has 116 valence electrons. The predicted octanol–water partition coefficient (Wildman–Crippen LogP) is 2.82. The molecule has 1 aliphatic heterocycles. The fourth-order valence-corrected chi connectivity index (χ4v) is 2.83. The van der Waals surface area contributed by atoms with E-state index in [1.54, 1.807) is 12.1 Å². The summed E-state index contributed by atoms with van der Waals surface area (Å²) in [6.45, 7) is 5.89. The molecule has 1 aromatic rings. The Morgan fingerprint density at radius 2 is 1.91 bits per heavy atom. The van der Waals surface area contributed by atoms with Gasteiger partial charge in [0.15, 0.2) is 11.5 Å². The van der Waals surface area contributed by atoms with Crippen LogP contribution in [0.5, 0.6) is 11.5 Å². The molecule has 1 aliphatic carbocycles. The van der Waals surface area contributed by atoms with Gasteiger partial charge in [-0.25, -0.2) is 0 Å². The first-order chi connectivity index (χ1) is 10.4. The first-order valence-corrected chi connectivity index (χ1v) is 7.08. The van der Waals surface area contributed by atoms with Crippen molar-refractivity contribution in [3.63, 3.8) is 0 Å². The maximum Gasteiger partial charge on any atom is 0.157 e. The van der Waals surface area contributed by atoms with Crippen molar-refractivity contribution in [3.8, 4) is 11.5 Å². The van der Waals surface area contributed by atoms with E-state index in [1.165, 1.54) is 12.1 Å². The molecule has 0 saturated heterocycles. The van der Waals surface area contributed by atoms with Crippen LogP contribution in [0.4, 0.5) is 0 Å². The molecular formula is C17H18O5. The van der Waals surface area contributed by atoms with Gasteiger partial charge < -0.3 is 25.2 Å². The van der Waals surface area contributed by atoms with Crippen molar-refractivity contribution >= 4 is 0 Å². The molecule has 0 fully saturated rings. The van der Waals surface area contributed by atoms with Crippen molar-refractivity contribution < 1.29 is 25.2 Å². The van der Waals surface area contributed by atoms with Crippen LogP contribution in [-0.4, -0.2) is 26.5 Å². The SMILES string of the molecule is C=C1C2=C(CC(O)C(c3ccc(O)c(O)c3)O2)C(O)=CC1C. The third-order valence-electron chi connectivity index (χ3n) is 4.17. The minimum absolute atomic E-state index is 0.0529. The van der Waals surface area contributed by atoms with E-state index in [9.17, 15) is 20.4 Å². The van der Waals surface area contributed by atoms with Gasteiger partial charge in [-0.3, -0.25) is 0 Å². The van der Waals surface area contributed by atoms with Gasteiger partial charge in [0.25, 0.3) is 0 Å². The molecule has 0 spiro atoms. The Kier molecular flexibility index (Phi) is 3.37. The van der Waals surface area contributed by atoms with Crippen molar-refractivity contribution in [2.24, 2.45) is 5.92 Å². The second kappa shape index (κ2) is 5.10. The van der Waals surface area contributed by atoms with Gasteiger partial charge in [0.1, 0.15) is 17.6 Å². The lowest BCUT2D eigenvalue weighted by Crippen LogP contribution is -2.30. The number of benzene rings is 1. The fraction of sp³-hybridized carbons (Fsp3) is 0.294. The Morgan fingerprint density at radius 3 is 2.59 bits per heavy atom. The van der Waals surface area contributed by atoms with E-state index < -0.39 is 12.2 Å². The molecule has 3 unspecified atom stereocenters. The van der Waals surface area contributed by atoms with Crippen LogP contribution in [0.15, 0.2) is 53.5 Å². The third kappa shape index (κ3) is 2.23. The molecule has 0 bridgehead atoms. The molecule has 1 heterocycles. The quantitative estimate of drug-likeness (QED) is 0.599. The summed E-state index contributed by atoms with van der Waals surface area (Å²) >= 11 is 0. The molecule has 5 nitrogen and oxygen atoms in total. The maximum atomic E-state index is 10.3. The minimum atomic E-state index is -0.876. The minimum Gasteiger partial charge on any atom is -0.508 e. The maximum absolute atomic E-state index is 10.3. The molecule has 5 heteroatoms. The van der Waals surface area contributed by atoms with Crippen molar-refractivity contribution in [2.75, 3.05) is 0 Å². The number of aromatic hydroxyl groups is 2.